The third kappa shape index (κ3) is 6.12. The van der Waals surface area contributed by atoms with Crippen LogP contribution >= 0.6 is 23.4 Å². The molecular weight excluding hydrogens is 426 g/mol. The Morgan fingerprint density at radius 2 is 2.20 bits per heavy atom. The highest BCUT2D eigenvalue weighted by molar-refractivity contribution is 7.99. The number of halogens is 1. The number of nitrogens with one attached hydrogen (secondary N) is 1. The van der Waals surface area contributed by atoms with E-state index < -0.39 is 0 Å². The Bertz CT molecular complexity index is 864. The predicted octanol–water partition coefficient (Wildman–Crippen LogP) is 2.97. The van der Waals surface area contributed by atoms with Crippen LogP contribution in [-0.2, 0) is 16.1 Å². The molecule has 3 rings (SSSR count). The maximum absolute atomic E-state index is 12.3. The first-order valence-corrected chi connectivity index (χ1v) is 11.3. The van der Waals surface area contributed by atoms with Gasteiger partial charge in [-0.25, -0.2) is 9.97 Å². The molecule has 1 aliphatic rings. The van der Waals surface area contributed by atoms with E-state index in [0.717, 1.165) is 6.42 Å². The smallest absolute Gasteiger partial charge is 0.230 e. The topological polar surface area (TPSA) is 91.6 Å². The van der Waals surface area contributed by atoms with Crippen LogP contribution in [-0.4, -0.2) is 58.1 Å². The van der Waals surface area contributed by atoms with Crippen molar-refractivity contribution >= 4 is 41.0 Å². The highest BCUT2D eigenvalue weighted by Crippen LogP contribution is 2.24. The number of furan rings is 1. The van der Waals surface area contributed by atoms with Crippen LogP contribution in [0.5, 0.6) is 0 Å². The highest BCUT2D eigenvalue weighted by Gasteiger charge is 2.28. The van der Waals surface area contributed by atoms with Crippen molar-refractivity contribution in [1.29, 1.82) is 0 Å². The van der Waals surface area contributed by atoms with Crippen molar-refractivity contribution in [2.75, 3.05) is 30.3 Å². The minimum absolute atomic E-state index is 0.0926. The molecule has 0 radical (unpaired) electrons. The van der Waals surface area contributed by atoms with E-state index >= 15 is 0 Å². The number of thioether (sulfide) groups is 1. The number of piperazine rings is 1. The maximum atomic E-state index is 12.3. The summed E-state index contributed by atoms with van der Waals surface area (Å²) < 4.78 is 5.20. The van der Waals surface area contributed by atoms with Crippen LogP contribution in [0.1, 0.15) is 32.4 Å². The van der Waals surface area contributed by atoms with Crippen molar-refractivity contribution in [1.82, 2.24) is 20.2 Å². The van der Waals surface area contributed by atoms with Gasteiger partial charge in [0.15, 0.2) is 5.16 Å². The minimum Gasteiger partial charge on any atom is -0.467 e. The lowest BCUT2D eigenvalue weighted by Gasteiger charge is -2.40. The van der Waals surface area contributed by atoms with Gasteiger partial charge in [0.1, 0.15) is 16.7 Å². The third-order valence-corrected chi connectivity index (χ3v) is 5.81. The van der Waals surface area contributed by atoms with Crippen molar-refractivity contribution in [2.45, 2.75) is 44.4 Å². The SMILES string of the molecule is CCCC(=O)N1CCN(c2cc(Cl)nc(SCC(=O)NCc3ccco3)n2)CC1C. The molecule has 2 amide bonds. The van der Waals surface area contributed by atoms with Crippen LogP contribution in [0.25, 0.3) is 0 Å². The molecule has 30 heavy (non-hydrogen) atoms. The fraction of sp³-hybridized carbons (Fsp3) is 0.500. The van der Waals surface area contributed by atoms with E-state index in [4.69, 9.17) is 16.0 Å². The highest BCUT2D eigenvalue weighted by atomic mass is 35.5. The Morgan fingerprint density at radius 1 is 1.37 bits per heavy atom. The van der Waals surface area contributed by atoms with E-state index in [1.807, 2.05) is 18.7 Å². The Kier molecular flexibility index (Phi) is 7.98. The Balaban J connectivity index is 1.56. The summed E-state index contributed by atoms with van der Waals surface area (Å²) in [6.07, 6.45) is 2.99. The fourth-order valence-corrected chi connectivity index (χ4v) is 4.20. The summed E-state index contributed by atoms with van der Waals surface area (Å²) in [7, 11) is 0. The van der Waals surface area contributed by atoms with Gasteiger partial charge in [-0.1, -0.05) is 30.3 Å². The number of carbonyl (C=O) groups is 2. The van der Waals surface area contributed by atoms with Crippen LogP contribution in [0.15, 0.2) is 34.0 Å². The second-order valence-electron chi connectivity index (χ2n) is 7.11. The van der Waals surface area contributed by atoms with E-state index in [1.165, 1.54) is 11.8 Å². The zero-order valence-corrected chi connectivity index (χ0v) is 18.7. The van der Waals surface area contributed by atoms with Gasteiger partial charge in [-0.3, -0.25) is 9.59 Å². The number of rotatable bonds is 8. The molecule has 1 fully saturated rings. The predicted molar refractivity (Wildman–Crippen MR) is 117 cm³/mol. The average molecular weight is 452 g/mol. The summed E-state index contributed by atoms with van der Waals surface area (Å²) in [5.41, 5.74) is 0. The minimum atomic E-state index is -0.141. The number of aromatic nitrogens is 2. The molecule has 10 heteroatoms. The molecule has 8 nitrogen and oxygen atoms in total. The molecule has 3 heterocycles. The lowest BCUT2D eigenvalue weighted by atomic mass is 10.1. The average Bonchev–Trinajstić information content (AvgIpc) is 3.24. The molecule has 1 saturated heterocycles. The van der Waals surface area contributed by atoms with Gasteiger partial charge in [0, 0.05) is 38.2 Å². The number of hydrogen-bond acceptors (Lipinski definition) is 7. The molecule has 162 valence electrons. The largest absolute Gasteiger partial charge is 0.467 e. The molecule has 2 aromatic rings. The van der Waals surface area contributed by atoms with Gasteiger partial charge in [-0.05, 0) is 25.5 Å². The van der Waals surface area contributed by atoms with E-state index in [-0.39, 0.29) is 23.6 Å². The standard InChI is InChI=1S/C20H26ClN5O3S/c1-3-5-19(28)26-8-7-25(12-14(26)2)17-10-16(21)23-20(24-17)30-13-18(27)22-11-15-6-4-9-29-15/h4,6,9-10,14H,3,5,7-8,11-13H2,1-2H3,(H,22,27). The van der Waals surface area contributed by atoms with Crippen molar-refractivity contribution < 1.29 is 14.0 Å². The summed E-state index contributed by atoms with van der Waals surface area (Å²) in [4.78, 5) is 37.2. The first kappa shape index (κ1) is 22.4. The van der Waals surface area contributed by atoms with Crippen LogP contribution in [0.2, 0.25) is 5.15 Å². The first-order chi connectivity index (χ1) is 14.5. The lowest BCUT2D eigenvalue weighted by molar-refractivity contribution is -0.133. The van der Waals surface area contributed by atoms with Crippen LogP contribution in [0, 0.1) is 0 Å². The van der Waals surface area contributed by atoms with Gasteiger partial charge in [-0.15, -0.1) is 0 Å². The van der Waals surface area contributed by atoms with Crippen molar-refractivity contribution in [3.05, 3.63) is 35.4 Å². The Labute approximate surface area is 185 Å². The van der Waals surface area contributed by atoms with E-state index in [1.54, 1.807) is 24.5 Å². The van der Waals surface area contributed by atoms with Gasteiger partial charge in [0.25, 0.3) is 0 Å². The molecule has 0 saturated carbocycles. The van der Waals surface area contributed by atoms with Gasteiger partial charge in [0.05, 0.1) is 18.6 Å². The summed E-state index contributed by atoms with van der Waals surface area (Å²) in [6.45, 7) is 6.41. The molecule has 1 unspecified atom stereocenters. The Hall–Kier alpha value is -2.26. The van der Waals surface area contributed by atoms with Gasteiger partial charge >= 0.3 is 0 Å². The third-order valence-electron chi connectivity index (χ3n) is 4.77. The number of carbonyl (C=O) groups excluding carboxylic acids is 2. The van der Waals surface area contributed by atoms with Crippen molar-refractivity contribution in [3.8, 4) is 0 Å². The summed E-state index contributed by atoms with van der Waals surface area (Å²) in [5.74, 6) is 1.64. The maximum Gasteiger partial charge on any atom is 0.230 e. The van der Waals surface area contributed by atoms with E-state index in [9.17, 15) is 9.59 Å². The lowest BCUT2D eigenvalue weighted by Crippen LogP contribution is -2.54. The monoisotopic (exact) mass is 451 g/mol. The van der Waals surface area contributed by atoms with E-state index in [2.05, 4.69) is 20.2 Å². The number of nitrogens with zero attached hydrogens (tertiary/aromatic N) is 4. The first-order valence-electron chi connectivity index (χ1n) is 9.97. The van der Waals surface area contributed by atoms with Crippen LogP contribution < -0.4 is 10.2 Å². The molecule has 1 aliphatic heterocycles. The zero-order valence-electron chi connectivity index (χ0n) is 17.1. The molecule has 1 N–H and O–H groups in total. The molecule has 2 aromatic heterocycles. The van der Waals surface area contributed by atoms with Gasteiger partial charge in [-0.2, -0.15) is 0 Å². The van der Waals surface area contributed by atoms with E-state index in [0.29, 0.717) is 54.5 Å². The Morgan fingerprint density at radius 3 is 2.90 bits per heavy atom. The molecule has 1 atom stereocenters. The summed E-state index contributed by atoms with van der Waals surface area (Å²) in [6, 6.07) is 5.39. The second-order valence-corrected chi connectivity index (χ2v) is 8.44. The second kappa shape index (κ2) is 10.7. The number of amides is 2. The van der Waals surface area contributed by atoms with Crippen LogP contribution in [0.3, 0.4) is 0 Å². The van der Waals surface area contributed by atoms with Gasteiger partial charge in [0.2, 0.25) is 11.8 Å². The molecule has 0 spiro atoms. The van der Waals surface area contributed by atoms with Gasteiger partial charge < -0.3 is 19.5 Å². The molecule has 0 aliphatic carbocycles. The number of hydrogen-bond donors (Lipinski definition) is 1. The van der Waals surface area contributed by atoms with Crippen molar-refractivity contribution in [3.63, 3.8) is 0 Å². The molecular formula is C20H26ClN5O3S. The zero-order chi connectivity index (χ0) is 21.5. The molecule has 0 bridgehead atoms. The number of anilines is 1. The summed E-state index contributed by atoms with van der Waals surface area (Å²) in [5, 5.41) is 3.57. The fourth-order valence-electron chi connectivity index (χ4n) is 3.29. The van der Waals surface area contributed by atoms with Crippen molar-refractivity contribution in [2.24, 2.45) is 0 Å². The normalized spacial score (nSPS) is 16.6. The molecule has 0 aromatic carbocycles. The summed E-state index contributed by atoms with van der Waals surface area (Å²) >= 11 is 7.43. The quantitative estimate of drug-likeness (QED) is 0.374. The van der Waals surface area contributed by atoms with Crippen LogP contribution in [0.4, 0.5) is 5.82 Å².